The van der Waals surface area contributed by atoms with Crippen LogP contribution < -0.4 is 5.73 Å². The Kier molecular flexibility index (Phi) is 2.84. The van der Waals surface area contributed by atoms with Crippen molar-refractivity contribution in [2.75, 3.05) is 0 Å². The third kappa shape index (κ3) is 2.10. The molecule has 1 aromatic carbocycles. The van der Waals surface area contributed by atoms with Crippen molar-refractivity contribution in [3.63, 3.8) is 0 Å². The van der Waals surface area contributed by atoms with Gasteiger partial charge >= 0.3 is 6.18 Å². The fourth-order valence-electron chi connectivity index (χ4n) is 1.17. The minimum absolute atomic E-state index is 0.518. The Morgan fingerprint density at radius 2 is 1.94 bits per heavy atom. The number of halogens is 3. The summed E-state index contributed by atoms with van der Waals surface area (Å²) in [5.74, 6) is -1.28. The van der Waals surface area contributed by atoms with Gasteiger partial charge in [0.1, 0.15) is 11.1 Å². The van der Waals surface area contributed by atoms with Gasteiger partial charge in [0, 0.05) is 0 Å². The van der Waals surface area contributed by atoms with Gasteiger partial charge in [0.2, 0.25) is 0 Å². The van der Waals surface area contributed by atoms with Crippen molar-refractivity contribution < 1.29 is 22.9 Å². The van der Waals surface area contributed by atoms with E-state index in [2.05, 4.69) is 0 Å². The fourth-order valence-corrected chi connectivity index (χ4v) is 1.17. The van der Waals surface area contributed by atoms with E-state index in [1.807, 2.05) is 0 Å². The quantitative estimate of drug-likeness (QED) is 0.624. The zero-order valence-corrected chi connectivity index (χ0v) is 7.62. The molecule has 1 aromatic rings. The van der Waals surface area contributed by atoms with Crippen LogP contribution in [0.15, 0.2) is 18.2 Å². The molecule has 0 unspecified atom stereocenters. The summed E-state index contributed by atoms with van der Waals surface area (Å²) in [7, 11) is 0. The second-order valence-corrected chi connectivity index (χ2v) is 2.82. The van der Waals surface area contributed by atoms with Gasteiger partial charge in [0.15, 0.2) is 0 Å². The van der Waals surface area contributed by atoms with Crippen LogP contribution in [0.4, 0.5) is 18.9 Å². The number of nitrogens with two attached hydrogens (primary N) is 1. The average Bonchev–Trinajstić information content (AvgIpc) is 2.14. The van der Waals surface area contributed by atoms with E-state index in [0.717, 1.165) is 12.1 Å². The summed E-state index contributed by atoms with van der Waals surface area (Å²) in [6.45, 7) is 0. The lowest BCUT2D eigenvalue weighted by Crippen LogP contribution is -2.17. The molecule has 5 nitrogen and oxygen atoms in total. The van der Waals surface area contributed by atoms with Gasteiger partial charge in [-0.05, 0) is 12.1 Å². The van der Waals surface area contributed by atoms with E-state index >= 15 is 0 Å². The largest absolute Gasteiger partial charge is 0.423 e. The zero-order valence-electron chi connectivity index (χ0n) is 7.62. The lowest BCUT2D eigenvalue weighted by atomic mass is 10.1. The molecular formula is C8H5F3N2O3. The van der Waals surface area contributed by atoms with E-state index in [4.69, 9.17) is 5.73 Å². The number of rotatable bonds is 2. The van der Waals surface area contributed by atoms with E-state index < -0.39 is 33.8 Å². The second-order valence-electron chi connectivity index (χ2n) is 2.82. The van der Waals surface area contributed by atoms with Crippen molar-refractivity contribution in [3.05, 3.63) is 39.4 Å². The summed E-state index contributed by atoms with van der Waals surface area (Å²) in [5, 5.41) is 10.5. The molecule has 0 aliphatic carbocycles. The van der Waals surface area contributed by atoms with Crippen LogP contribution >= 0.6 is 0 Å². The summed E-state index contributed by atoms with van der Waals surface area (Å²) in [6.07, 6.45) is -4.91. The number of nitro groups is 1. The first kappa shape index (κ1) is 12.0. The van der Waals surface area contributed by atoms with E-state index in [1.165, 1.54) is 0 Å². The topological polar surface area (TPSA) is 86.2 Å². The minimum atomic E-state index is -4.91. The molecule has 0 fully saturated rings. The highest BCUT2D eigenvalue weighted by atomic mass is 19.4. The molecule has 86 valence electrons. The van der Waals surface area contributed by atoms with Crippen LogP contribution in [0.3, 0.4) is 0 Å². The molecule has 0 saturated carbocycles. The van der Waals surface area contributed by atoms with Crippen LogP contribution in [0.25, 0.3) is 0 Å². The number of amides is 1. The van der Waals surface area contributed by atoms with Crippen molar-refractivity contribution in [3.8, 4) is 0 Å². The van der Waals surface area contributed by atoms with Crippen molar-refractivity contribution in [2.24, 2.45) is 5.73 Å². The van der Waals surface area contributed by atoms with Crippen LogP contribution in [-0.4, -0.2) is 10.8 Å². The van der Waals surface area contributed by atoms with Crippen molar-refractivity contribution in [1.82, 2.24) is 0 Å². The third-order valence-electron chi connectivity index (χ3n) is 1.79. The standard InChI is InChI=1S/C8H5F3N2O3/c9-8(10,11)5-3-1-2-4(7(12)14)6(5)13(15)16/h1-3H,(H2,12,14). The predicted molar refractivity (Wildman–Crippen MR) is 46.6 cm³/mol. The molecule has 1 rings (SSSR count). The Balaban J connectivity index is 3.58. The summed E-state index contributed by atoms with van der Waals surface area (Å²) in [6, 6.07) is 2.27. The van der Waals surface area contributed by atoms with Gasteiger partial charge in [-0.2, -0.15) is 13.2 Å². The Bertz CT molecular complexity index is 456. The summed E-state index contributed by atoms with van der Waals surface area (Å²) in [4.78, 5) is 20.0. The van der Waals surface area contributed by atoms with Gasteiger partial charge in [0.25, 0.3) is 11.6 Å². The summed E-state index contributed by atoms with van der Waals surface area (Å²) >= 11 is 0. The SMILES string of the molecule is NC(=O)c1cccc(C(F)(F)F)c1[N+](=O)[O-]. The lowest BCUT2D eigenvalue weighted by Gasteiger charge is -2.08. The van der Waals surface area contributed by atoms with E-state index in [1.54, 1.807) is 0 Å². The molecular weight excluding hydrogens is 229 g/mol. The molecule has 0 spiro atoms. The maximum absolute atomic E-state index is 12.4. The van der Waals surface area contributed by atoms with Gasteiger partial charge in [0.05, 0.1) is 4.92 Å². The van der Waals surface area contributed by atoms with Crippen molar-refractivity contribution in [1.29, 1.82) is 0 Å². The first-order valence-corrected chi connectivity index (χ1v) is 3.89. The second kappa shape index (κ2) is 3.80. The number of alkyl halides is 3. The van der Waals surface area contributed by atoms with Crippen LogP contribution in [0, 0.1) is 10.1 Å². The highest BCUT2D eigenvalue weighted by Gasteiger charge is 2.40. The number of carbonyl (C=O) groups is 1. The van der Waals surface area contributed by atoms with E-state index in [0.29, 0.717) is 6.07 Å². The minimum Gasteiger partial charge on any atom is -0.365 e. The fraction of sp³-hybridized carbons (Fsp3) is 0.125. The Hall–Kier alpha value is -2.12. The van der Waals surface area contributed by atoms with Gasteiger partial charge in [-0.15, -0.1) is 0 Å². The molecule has 0 heterocycles. The Labute approximate surface area is 86.8 Å². The van der Waals surface area contributed by atoms with Crippen LogP contribution in [0.5, 0.6) is 0 Å². The number of hydrogen-bond acceptors (Lipinski definition) is 3. The molecule has 0 aliphatic rings. The van der Waals surface area contributed by atoms with Gasteiger partial charge in [-0.3, -0.25) is 14.9 Å². The molecule has 0 aromatic heterocycles. The summed E-state index contributed by atoms with van der Waals surface area (Å²) < 4.78 is 37.2. The molecule has 16 heavy (non-hydrogen) atoms. The Morgan fingerprint density at radius 3 is 2.31 bits per heavy atom. The number of primary amides is 1. The number of benzene rings is 1. The van der Waals surface area contributed by atoms with Crippen LogP contribution in [-0.2, 0) is 6.18 Å². The third-order valence-corrected chi connectivity index (χ3v) is 1.79. The van der Waals surface area contributed by atoms with Gasteiger partial charge < -0.3 is 5.73 Å². The molecule has 2 N–H and O–H groups in total. The molecule has 8 heteroatoms. The maximum atomic E-state index is 12.4. The lowest BCUT2D eigenvalue weighted by molar-refractivity contribution is -0.388. The average molecular weight is 234 g/mol. The molecule has 0 saturated heterocycles. The molecule has 0 atom stereocenters. The van der Waals surface area contributed by atoms with Crippen molar-refractivity contribution >= 4 is 11.6 Å². The molecule has 1 amide bonds. The molecule has 0 bridgehead atoms. The highest BCUT2D eigenvalue weighted by molar-refractivity contribution is 5.97. The zero-order chi connectivity index (χ0) is 12.5. The van der Waals surface area contributed by atoms with Crippen molar-refractivity contribution in [2.45, 2.75) is 6.18 Å². The van der Waals surface area contributed by atoms with Gasteiger partial charge in [-0.25, -0.2) is 0 Å². The Morgan fingerprint density at radius 1 is 1.38 bits per heavy atom. The predicted octanol–water partition coefficient (Wildman–Crippen LogP) is 1.71. The maximum Gasteiger partial charge on any atom is 0.423 e. The smallest absolute Gasteiger partial charge is 0.365 e. The first-order valence-electron chi connectivity index (χ1n) is 3.89. The van der Waals surface area contributed by atoms with Crippen LogP contribution in [0.2, 0.25) is 0 Å². The summed E-state index contributed by atoms with van der Waals surface area (Å²) in [5.41, 5.74) is 1.18. The van der Waals surface area contributed by atoms with E-state index in [9.17, 15) is 28.1 Å². The number of carbonyl (C=O) groups excluding carboxylic acids is 1. The number of para-hydroxylation sites is 1. The highest BCUT2D eigenvalue weighted by Crippen LogP contribution is 2.37. The van der Waals surface area contributed by atoms with Crippen LogP contribution in [0.1, 0.15) is 15.9 Å². The number of hydrogen-bond donors (Lipinski definition) is 1. The number of nitrogens with zero attached hydrogens (tertiary/aromatic N) is 1. The van der Waals surface area contributed by atoms with E-state index in [-0.39, 0.29) is 0 Å². The number of nitro benzene ring substituents is 1. The normalized spacial score (nSPS) is 11.2. The molecule has 0 aliphatic heterocycles. The van der Waals surface area contributed by atoms with Gasteiger partial charge in [-0.1, -0.05) is 6.07 Å². The first-order chi connectivity index (χ1) is 7.25. The monoisotopic (exact) mass is 234 g/mol. The molecule has 0 radical (unpaired) electrons.